The number of hydrogen-bond acceptors (Lipinski definition) is 7. The molecule has 2 amide bonds. The molecule has 0 aromatic carbocycles. The monoisotopic (exact) mass is 452 g/mol. The van der Waals surface area contributed by atoms with Crippen LogP contribution in [0.2, 0.25) is 0 Å². The first-order valence-corrected chi connectivity index (χ1v) is 12.9. The van der Waals surface area contributed by atoms with Gasteiger partial charge >= 0.3 is 0 Å². The number of fused-ring (bicyclic) bond motifs is 1. The summed E-state index contributed by atoms with van der Waals surface area (Å²) in [5, 5.41) is 15.8. The summed E-state index contributed by atoms with van der Waals surface area (Å²) in [5.41, 5.74) is 1.63. The molecule has 30 heavy (non-hydrogen) atoms. The van der Waals surface area contributed by atoms with Crippen LogP contribution in [-0.2, 0) is 32.3 Å². The maximum absolute atomic E-state index is 12.6. The Morgan fingerprint density at radius 1 is 1.27 bits per heavy atom. The molecule has 164 valence electrons. The Kier molecular flexibility index (Phi) is 7.16. The molecule has 2 atom stereocenters. The SMILES string of the molecule is CCN(CC(=O)Nc1sc2c(c1C#N)CC[C@@H](C)C2)CC(=O)N[C@@H]1CCS(=O)(=O)C1. The van der Waals surface area contributed by atoms with E-state index in [-0.39, 0.29) is 42.5 Å². The van der Waals surface area contributed by atoms with Gasteiger partial charge in [-0.1, -0.05) is 13.8 Å². The number of anilines is 1. The van der Waals surface area contributed by atoms with E-state index in [2.05, 4.69) is 23.6 Å². The largest absolute Gasteiger partial charge is 0.351 e. The molecule has 1 aromatic heterocycles. The molecule has 2 heterocycles. The van der Waals surface area contributed by atoms with Crippen LogP contribution in [0, 0.1) is 17.2 Å². The minimum atomic E-state index is -3.06. The van der Waals surface area contributed by atoms with Crippen molar-refractivity contribution < 1.29 is 18.0 Å². The van der Waals surface area contributed by atoms with Gasteiger partial charge in [-0.15, -0.1) is 11.3 Å². The van der Waals surface area contributed by atoms with Gasteiger partial charge in [0.15, 0.2) is 9.84 Å². The number of amides is 2. The third kappa shape index (κ3) is 5.59. The highest BCUT2D eigenvalue weighted by Gasteiger charge is 2.29. The van der Waals surface area contributed by atoms with E-state index in [1.165, 1.54) is 16.2 Å². The van der Waals surface area contributed by atoms with Crippen molar-refractivity contribution in [1.29, 1.82) is 5.26 Å². The molecule has 0 bridgehead atoms. The van der Waals surface area contributed by atoms with Crippen LogP contribution >= 0.6 is 11.3 Å². The van der Waals surface area contributed by atoms with E-state index in [1.54, 1.807) is 4.90 Å². The van der Waals surface area contributed by atoms with Crippen molar-refractivity contribution in [3.63, 3.8) is 0 Å². The van der Waals surface area contributed by atoms with E-state index >= 15 is 0 Å². The first kappa shape index (κ1) is 22.7. The van der Waals surface area contributed by atoms with E-state index < -0.39 is 9.84 Å². The van der Waals surface area contributed by atoms with Crippen molar-refractivity contribution in [3.05, 3.63) is 16.0 Å². The van der Waals surface area contributed by atoms with Crippen LogP contribution in [0.5, 0.6) is 0 Å². The van der Waals surface area contributed by atoms with E-state index in [0.29, 0.717) is 29.4 Å². The smallest absolute Gasteiger partial charge is 0.239 e. The minimum absolute atomic E-state index is 0.0179. The number of nitrogens with one attached hydrogen (secondary N) is 2. The normalized spacial score (nSPS) is 22.3. The molecule has 2 aliphatic rings. The minimum Gasteiger partial charge on any atom is -0.351 e. The van der Waals surface area contributed by atoms with Gasteiger partial charge in [0.2, 0.25) is 11.8 Å². The number of carbonyl (C=O) groups is 2. The van der Waals surface area contributed by atoms with E-state index in [1.807, 2.05) is 6.92 Å². The topological polar surface area (TPSA) is 119 Å². The standard InChI is InChI=1S/C20H28N4O4S2/c1-3-24(10-18(25)22-14-6-7-30(27,28)12-14)11-19(26)23-20-16(9-21)15-5-4-13(2)8-17(15)29-20/h13-14H,3-8,10-12H2,1-2H3,(H,22,25)(H,23,26)/t13-,14-/m1/s1. The second kappa shape index (κ2) is 9.45. The molecule has 1 aliphatic heterocycles. The van der Waals surface area contributed by atoms with Crippen LogP contribution in [0.15, 0.2) is 0 Å². The average molecular weight is 453 g/mol. The molecule has 1 saturated heterocycles. The summed E-state index contributed by atoms with van der Waals surface area (Å²) in [4.78, 5) is 27.7. The number of nitriles is 1. The van der Waals surface area contributed by atoms with E-state index in [0.717, 1.165) is 24.8 Å². The second-order valence-electron chi connectivity index (χ2n) is 8.19. The van der Waals surface area contributed by atoms with Gasteiger partial charge in [-0.25, -0.2) is 8.42 Å². The summed E-state index contributed by atoms with van der Waals surface area (Å²) in [6.07, 6.45) is 3.28. The molecule has 2 N–H and O–H groups in total. The Morgan fingerprint density at radius 2 is 2.00 bits per heavy atom. The first-order chi connectivity index (χ1) is 14.2. The summed E-state index contributed by atoms with van der Waals surface area (Å²) >= 11 is 1.48. The number of hydrogen-bond donors (Lipinski definition) is 2. The molecule has 0 unspecified atom stereocenters. The van der Waals surface area contributed by atoms with Gasteiger partial charge in [0.25, 0.3) is 0 Å². The van der Waals surface area contributed by atoms with Gasteiger partial charge in [-0.05, 0) is 43.7 Å². The molecular formula is C20H28N4O4S2. The van der Waals surface area contributed by atoms with Crippen LogP contribution in [-0.4, -0.2) is 62.3 Å². The van der Waals surface area contributed by atoms with Gasteiger partial charge in [0.05, 0.1) is 30.2 Å². The third-order valence-corrected chi connectivity index (χ3v) is 8.59. The van der Waals surface area contributed by atoms with Crippen LogP contribution in [0.25, 0.3) is 0 Å². The third-order valence-electron chi connectivity index (χ3n) is 5.66. The van der Waals surface area contributed by atoms with Gasteiger partial charge in [0.1, 0.15) is 11.1 Å². The summed E-state index contributed by atoms with van der Waals surface area (Å²) < 4.78 is 23.1. The Morgan fingerprint density at radius 3 is 2.63 bits per heavy atom. The molecule has 0 saturated carbocycles. The van der Waals surface area contributed by atoms with Crippen molar-refractivity contribution in [2.24, 2.45) is 5.92 Å². The Balaban J connectivity index is 1.56. The number of nitrogens with zero attached hydrogens (tertiary/aromatic N) is 2. The summed E-state index contributed by atoms with van der Waals surface area (Å²) in [6, 6.07) is 1.89. The zero-order valence-electron chi connectivity index (χ0n) is 17.4. The number of likely N-dealkylation sites (N-methyl/N-ethyl adjacent to an activating group) is 1. The Hall–Kier alpha value is -1.96. The van der Waals surface area contributed by atoms with Crippen LogP contribution in [0.4, 0.5) is 5.00 Å². The predicted molar refractivity (Wildman–Crippen MR) is 116 cm³/mol. The van der Waals surface area contributed by atoms with E-state index in [9.17, 15) is 23.3 Å². The van der Waals surface area contributed by atoms with Crippen molar-refractivity contribution in [2.45, 2.75) is 45.6 Å². The molecular weight excluding hydrogens is 424 g/mol. The van der Waals surface area contributed by atoms with Crippen LogP contribution in [0.3, 0.4) is 0 Å². The molecule has 1 fully saturated rings. The lowest BCUT2D eigenvalue weighted by Gasteiger charge is -2.20. The van der Waals surface area contributed by atoms with E-state index in [4.69, 9.17) is 0 Å². The van der Waals surface area contributed by atoms with Crippen LogP contribution < -0.4 is 10.6 Å². The maximum Gasteiger partial charge on any atom is 0.239 e. The van der Waals surface area contributed by atoms with Gasteiger partial charge < -0.3 is 10.6 Å². The van der Waals surface area contributed by atoms with Crippen LogP contribution in [0.1, 0.15) is 42.7 Å². The molecule has 1 aliphatic carbocycles. The Bertz CT molecular complexity index is 964. The van der Waals surface area contributed by atoms with Gasteiger partial charge in [0, 0.05) is 10.9 Å². The fourth-order valence-corrected chi connectivity index (χ4v) is 7.04. The fourth-order valence-electron chi connectivity index (χ4n) is 3.99. The summed E-state index contributed by atoms with van der Waals surface area (Å²) in [6.45, 7) is 4.58. The fraction of sp³-hybridized carbons (Fsp3) is 0.650. The highest BCUT2D eigenvalue weighted by atomic mass is 32.2. The lowest BCUT2D eigenvalue weighted by atomic mass is 9.89. The molecule has 3 rings (SSSR count). The van der Waals surface area contributed by atoms with Gasteiger partial charge in [-0.3, -0.25) is 14.5 Å². The Labute approximate surface area is 181 Å². The lowest BCUT2D eigenvalue weighted by molar-refractivity contribution is -0.123. The van der Waals surface area contributed by atoms with Crippen molar-refractivity contribution in [3.8, 4) is 6.07 Å². The number of sulfone groups is 1. The molecule has 0 radical (unpaired) electrons. The molecule has 8 nitrogen and oxygen atoms in total. The maximum atomic E-state index is 12.6. The van der Waals surface area contributed by atoms with Crippen molar-refractivity contribution >= 4 is 38.0 Å². The average Bonchev–Trinajstić information content (AvgIpc) is 3.18. The lowest BCUT2D eigenvalue weighted by Crippen LogP contribution is -2.44. The predicted octanol–water partition coefficient (Wildman–Crippen LogP) is 1.31. The quantitative estimate of drug-likeness (QED) is 0.644. The summed E-state index contributed by atoms with van der Waals surface area (Å²) in [7, 11) is -3.06. The molecule has 1 aromatic rings. The highest BCUT2D eigenvalue weighted by Crippen LogP contribution is 2.39. The zero-order valence-corrected chi connectivity index (χ0v) is 19.0. The second-order valence-corrected chi connectivity index (χ2v) is 11.5. The molecule has 10 heteroatoms. The number of thiophene rings is 1. The zero-order chi connectivity index (χ0) is 21.9. The van der Waals surface area contributed by atoms with Crippen molar-refractivity contribution in [2.75, 3.05) is 36.5 Å². The summed E-state index contributed by atoms with van der Waals surface area (Å²) in [5.74, 6) is 0.100. The first-order valence-electron chi connectivity index (χ1n) is 10.3. The highest BCUT2D eigenvalue weighted by molar-refractivity contribution is 7.91. The van der Waals surface area contributed by atoms with Crippen molar-refractivity contribution in [1.82, 2.24) is 10.2 Å². The number of carbonyl (C=O) groups excluding carboxylic acids is 2. The molecule has 0 spiro atoms. The number of rotatable bonds is 7. The van der Waals surface area contributed by atoms with Gasteiger partial charge in [-0.2, -0.15) is 5.26 Å².